The van der Waals surface area contributed by atoms with Crippen molar-refractivity contribution in [3.63, 3.8) is 0 Å². The number of hydrogen-bond acceptors (Lipinski definition) is 5. The molecule has 3 rings (SSSR count). The van der Waals surface area contributed by atoms with E-state index in [4.69, 9.17) is 10.5 Å². The Morgan fingerprint density at radius 1 is 1.03 bits per heavy atom. The van der Waals surface area contributed by atoms with Gasteiger partial charge in [0.2, 0.25) is 0 Å². The fourth-order valence-electron chi connectivity index (χ4n) is 3.14. The molecule has 0 spiro atoms. The highest BCUT2D eigenvalue weighted by Crippen LogP contribution is 2.38. The number of primary amides is 1. The second-order valence-corrected chi connectivity index (χ2v) is 9.44. The average molecular weight is 476 g/mol. The molecule has 0 bridgehead atoms. The van der Waals surface area contributed by atoms with Crippen LogP contribution in [0.1, 0.15) is 43.7 Å². The van der Waals surface area contributed by atoms with Gasteiger partial charge in [-0.05, 0) is 23.8 Å². The standard InChI is InChI=1S/C24H24F3N3O2S/c1-23(2,3)20(32-21(28)31)19-13-18(16-9-11-17(12-10-16)24(25,26)27)29-22(30-19)33-14-15-7-5-4-6-8-15/h4-13,20H,14H2,1-3H3,(H2,28,31). The van der Waals surface area contributed by atoms with Crippen molar-refractivity contribution in [3.05, 3.63) is 77.5 Å². The van der Waals surface area contributed by atoms with E-state index in [9.17, 15) is 18.0 Å². The van der Waals surface area contributed by atoms with E-state index in [2.05, 4.69) is 9.97 Å². The molecule has 1 amide bonds. The van der Waals surface area contributed by atoms with Crippen molar-refractivity contribution in [2.24, 2.45) is 11.1 Å². The number of alkyl halides is 3. The van der Waals surface area contributed by atoms with Crippen LogP contribution in [-0.2, 0) is 16.7 Å². The van der Waals surface area contributed by atoms with Crippen LogP contribution in [0.5, 0.6) is 0 Å². The van der Waals surface area contributed by atoms with Gasteiger partial charge >= 0.3 is 12.3 Å². The number of carbonyl (C=O) groups is 1. The number of hydrogen-bond donors (Lipinski definition) is 1. The van der Waals surface area contributed by atoms with Crippen molar-refractivity contribution in [3.8, 4) is 11.3 Å². The van der Waals surface area contributed by atoms with E-state index in [1.54, 1.807) is 6.07 Å². The molecule has 33 heavy (non-hydrogen) atoms. The number of ether oxygens (including phenoxy) is 1. The van der Waals surface area contributed by atoms with Gasteiger partial charge in [0.15, 0.2) is 11.3 Å². The van der Waals surface area contributed by atoms with Crippen molar-refractivity contribution in [1.82, 2.24) is 9.97 Å². The molecule has 1 atom stereocenters. The molecule has 1 unspecified atom stereocenters. The molecule has 1 aromatic heterocycles. The van der Waals surface area contributed by atoms with Crippen LogP contribution >= 0.6 is 11.8 Å². The predicted molar refractivity (Wildman–Crippen MR) is 121 cm³/mol. The number of carbonyl (C=O) groups excluding carboxylic acids is 1. The van der Waals surface area contributed by atoms with Gasteiger partial charge in [0.1, 0.15) is 0 Å². The normalized spacial score (nSPS) is 12.9. The Hall–Kier alpha value is -3.07. The Morgan fingerprint density at radius 2 is 1.67 bits per heavy atom. The number of nitrogens with zero attached hydrogens (tertiary/aromatic N) is 2. The average Bonchev–Trinajstić information content (AvgIpc) is 2.75. The Morgan fingerprint density at radius 3 is 2.21 bits per heavy atom. The van der Waals surface area contributed by atoms with E-state index < -0.39 is 29.4 Å². The second kappa shape index (κ2) is 9.82. The highest BCUT2D eigenvalue weighted by atomic mass is 32.2. The fourth-order valence-corrected chi connectivity index (χ4v) is 3.96. The monoisotopic (exact) mass is 475 g/mol. The molecular formula is C24H24F3N3O2S. The van der Waals surface area contributed by atoms with Crippen molar-refractivity contribution < 1.29 is 22.7 Å². The second-order valence-electron chi connectivity index (χ2n) is 8.49. The predicted octanol–water partition coefficient (Wildman–Crippen LogP) is 6.64. The van der Waals surface area contributed by atoms with Gasteiger partial charge in [0, 0.05) is 16.7 Å². The first kappa shape index (κ1) is 24.6. The first-order valence-electron chi connectivity index (χ1n) is 10.1. The van der Waals surface area contributed by atoms with Gasteiger partial charge in [0.05, 0.1) is 17.0 Å². The Balaban J connectivity index is 2.03. The summed E-state index contributed by atoms with van der Waals surface area (Å²) in [5, 5.41) is 0.411. The lowest BCUT2D eigenvalue weighted by Gasteiger charge is -2.29. The minimum absolute atomic E-state index is 0.411. The molecule has 0 radical (unpaired) electrons. The van der Waals surface area contributed by atoms with Crippen molar-refractivity contribution >= 4 is 17.9 Å². The maximum Gasteiger partial charge on any atom is 0.416 e. The van der Waals surface area contributed by atoms with Crippen LogP contribution in [0.25, 0.3) is 11.3 Å². The first-order valence-corrected chi connectivity index (χ1v) is 11.1. The van der Waals surface area contributed by atoms with Crippen LogP contribution in [0.4, 0.5) is 18.0 Å². The van der Waals surface area contributed by atoms with Crippen molar-refractivity contribution in [1.29, 1.82) is 0 Å². The summed E-state index contributed by atoms with van der Waals surface area (Å²) in [7, 11) is 0. The zero-order valence-corrected chi connectivity index (χ0v) is 19.2. The molecule has 0 aliphatic carbocycles. The molecule has 174 valence electrons. The highest BCUT2D eigenvalue weighted by molar-refractivity contribution is 7.98. The first-order chi connectivity index (χ1) is 15.4. The molecule has 5 nitrogen and oxygen atoms in total. The molecule has 0 saturated heterocycles. The molecular weight excluding hydrogens is 451 g/mol. The van der Waals surface area contributed by atoms with Crippen LogP contribution in [0.2, 0.25) is 0 Å². The van der Waals surface area contributed by atoms with Gasteiger partial charge in [-0.15, -0.1) is 0 Å². The molecule has 0 aliphatic rings. The Kier molecular flexibility index (Phi) is 7.31. The van der Waals surface area contributed by atoms with Gasteiger partial charge in [-0.3, -0.25) is 0 Å². The summed E-state index contributed by atoms with van der Waals surface area (Å²) in [4.78, 5) is 20.7. The summed E-state index contributed by atoms with van der Waals surface area (Å²) < 4.78 is 44.3. The number of nitrogens with two attached hydrogens (primary N) is 1. The lowest BCUT2D eigenvalue weighted by atomic mass is 9.86. The number of thioether (sulfide) groups is 1. The lowest BCUT2D eigenvalue weighted by Crippen LogP contribution is -2.28. The molecule has 9 heteroatoms. The summed E-state index contributed by atoms with van der Waals surface area (Å²) in [6.45, 7) is 5.62. The van der Waals surface area contributed by atoms with Crippen molar-refractivity contribution in [2.75, 3.05) is 0 Å². The topological polar surface area (TPSA) is 78.1 Å². The minimum Gasteiger partial charge on any atom is -0.439 e. The van der Waals surface area contributed by atoms with Gasteiger partial charge < -0.3 is 10.5 Å². The minimum atomic E-state index is -4.43. The molecule has 3 aromatic rings. The summed E-state index contributed by atoms with van der Waals surface area (Å²) in [5.41, 5.74) is 6.39. The number of amides is 1. The van der Waals surface area contributed by atoms with E-state index in [0.29, 0.717) is 27.9 Å². The maximum atomic E-state index is 13.0. The van der Waals surface area contributed by atoms with Crippen LogP contribution < -0.4 is 5.73 Å². The SMILES string of the molecule is CC(C)(C)C(OC(N)=O)c1cc(-c2ccc(C(F)(F)F)cc2)nc(SCc2ccccc2)n1. The quantitative estimate of drug-likeness (QED) is 0.319. The number of benzene rings is 2. The van der Waals surface area contributed by atoms with Gasteiger partial charge in [-0.2, -0.15) is 13.2 Å². The van der Waals surface area contributed by atoms with Gasteiger partial charge in [-0.1, -0.05) is 75.0 Å². The number of aromatic nitrogens is 2. The van der Waals surface area contributed by atoms with Crippen LogP contribution in [0, 0.1) is 5.41 Å². The molecule has 0 aliphatic heterocycles. The molecule has 1 heterocycles. The smallest absolute Gasteiger partial charge is 0.416 e. The molecule has 2 N–H and O–H groups in total. The largest absolute Gasteiger partial charge is 0.439 e. The summed E-state index contributed by atoms with van der Waals surface area (Å²) >= 11 is 1.38. The zero-order valence-electron chi connectivity index (χ0n) is 18.4. The third-order valence-corrected chi connectivity index (χ3v) is 5.65. The third kappa shape index (κ3) is 6.71. The van der Waals surface area contributed by atoms with E-state index in [-0.39, 0.29) is 0 Å². The zero-order chi connectivity index (χ0) is 24.2. The van der Waals surface area contributed by atoms with Crippen LogP contribution in [0.3, 0.4) is 0 Å². The Labute approximate surface area is 194 Å². The number of halogens is 3. The van der Waals surface area contributed by atoms with Crippen LogP contribution in [-0.4, -0.2) is 16.1 Å². The molecule has 0 fully saturated rings. The fraction of sp³-hybridized carbons (Fsp3) is 0.292. The Bertz CT molecular complexity index is 1100. The van der Waals surface area contributed by atoms with E-state index >= 15 is 0 Å². The molecule has 0 saturated carbocycles. The summed E-state index contributed by atoms with van der Waals surface area (Å²) in [6, 6.07) is 16.1. The summed E-state index contributed by atoms with van der Waals surface area (Å²) in [5.74, 6) is 0.591. The van der Waals surface area contributed by atoms with Gasteiger partial charge in [-0.25, -0.2) is 14.8 Å². The van der Waals surface area contributed by atoms with Crippen molar-refractivity contribution in [2.45, 2.75) is 44.0 Å². The molecule has 2 aromatic carbocycles. The van der Waals surface area contributed by atoms with E-state index in [1.165, 1.54) is 23.9 Å². The van der Waals surface area contributed by atoms with E-state index in [1.807, 2.05) is 51.1 Å². The summed E-state index contributed by atoms with van der Waals surface area (Å²) in [6.07, 6.45) is -6.15. The van der Waals surface area contributed by atoms with Crippen LogP contribution in [0.15, 0.2) is 65.8 Å². The number of rotatable bonds is 6. The maximum absolute atomic E-state index is 13.0. The van der Waals surface area contributed by atoms with Gasteiger partial charge in [0.25, 0.3) is 0 Å². The van der Waals surface area contributed by atoms with E-state index in [0.717, 1.165) is 17.7 Å². The highest BCUT2D eigenvalue weighted by Gasteiger charge is 2.32. The third-order valence-electron chi connectivity index (χ3n) is 4.73. The lowest BCUT2D eigenvalue weighted by molar-refractivity contribution is -0.137.